The van der Waals surface area contributed by atoms with Crippen LogP contribution < -0.4 is 28.8 Å². The van der Waals surface area contributed by atoms with Crippen molar-refractivity contribution in [3.63, 3.8) is 0 Å². The minimum atomic E-state index is -5.92. The fourth-order valence-corrected chi connectivity index (χ4v) is 1.38. The van der Waals surface area contributed by atoms with Crippen LogP contribution in [-0.2, 0) is 36.8 Å². The van der Waals surface area contributed by atoms with Crippen LogP contribution in [0.15, 0.2) is 0 Å². The summed E-state index contributed by atoms with van der Waals surface area (Å²) in [5.74, 6) is 0. The van der Waals surface area contributed by atoms with Gasteiger partial charge in [-0.05, 0) is 0 Å². The van der Waals surface area contributed by atoms with Crippen molar-refractivity contribution >= 4 is 35.5 Å². The summed E-state index contributed by atoms with van der Waals surface area (Å²) in [7, 11) is -11.8. The molecule has 0 heterocycles. The van der Waals surface area contributed by atoms with Gasteiger partial charge < -0.3 is 32.9 Å². The van der Waals surface area contributed by atoms with Crippen LogP contribution in [0.1, 0.15) is 0 Å². The van der Waals surface area contributed by atoms with Crippen molar-refractivity contribution < 1.29 is 65.6 Å². The molecule has 0 aromatic heterocycles. The minimum Gasteiger partial charge on any atom is -0.862 e. The average molecular weight is 284 g/mol. The van der Waals surface area contributed by atoms with E-state index in [2.05, 4.69) is 4.12 Å². The molecule has 0 aromatic carbocycles. The SMILES string of the molecule is [Al+3].[O-][Si]([O-])([O-])O[Si]([O-])([O-])[O-].[Y+3]. The Morgan fingerprint density at radius 1 is 0.727 bits per heavy atom. The van der Waals surface area contributed by atoms with Gasteiger partial charge in [-0.2, -0.15) is 0 Å². The molecule has 0 fully saturated rings. The fraction of sp³-hybridized carbons (Fsp3) is 0. The molecule has 0 atom stereocenters. The average Bonchev–Trinajstić information content (AvgIpc) is 1.14. The summed E-state index contributed by atoms with van der Waals surface area (Å²) in [5.41, 5.74) is 0. The summed E-state index contributed by atoms with van der Waals surface area (Å²) < 4.78 is 2.57. The van der Waals surface area contributed by atoms with E-state index < -0.39 is 18.1 Å². The first-order chi connectivity index (χ1) is 3.71. The van der Waals surface area contributed by atoms with Crippen LogP contribution in [0.4, 0.5) is 0 Å². The molecule has 7 nitrogen and oxygen atoms in total. The summed E-state index contributed by atoms with van der Waals surface area (Å²) in [6.45, 7) is 0. The van der Waals surface area contributed by atoms with Gasteiger partial charge in [0.2, 0.25) is 0 Å². The molecule has 0 aromatic rings. The molecule has 0 N–H and O–H groups in total. The maximum Gasteiger partial charge on any atom is 3.00 e. The summed E-state index contributed by atoms with van der Waals surface area (Å²) in [6, 6.07) is 0. The molecule has 0 aliphatic rings. The van der Waals surface area contributed by atoms with E-state index in [1.54, 1.807) is 0 Å². The first kappa shape index (κ1) is 18.5. The predicted octanol–water partition coefficient (Wildman–Crippen LogP) is -8.35. The third-order valence-electron chi connectivity index (χ3n) is 0.250. The third kappa shape index (κ3) is 18.6. The van der Waals surface area contributed by atoms with Crippen LogP contribution in [-0.4, -0.2) is 35.5 Å². The molecule has 11 heavy (non-hydrogen) atoms. The van der Waals surface area contributed by atoms with E-state index in [0.717, 1.165) is 0 Å². The minimum absolute atomic E-state index is 0. The second kappa shape index (κ2) is 6.28. The largest absolute Gasteiger partial charge is 3.00 e. The maximum absolute atomic E-state index is 9.36. The second-order valence-corrected chi connectivity index (χ2v) is 3.92. The second-order valence-electron chi connectivity index (χ2n) is 1.10. The monoisotopic (exact) mass is 284 g/mol. The Bertz CT molecular complexity index is 81.6. The topological polar surface area (TPSA) is 148 Å². The van der Waals surface area contributed by atoms with E-state index in [-0.39, 0.29) is 50.1 Å². The Kier molecular flexibility index (Phi) is 10.6. The first-order valence-electron chi connectivity index (χ1n) is 1.63. The molecule has 0 saturated carbocycles. The Morgan fingerprint density at radius 2 is 0.909 bits per heavy atom. The molecular weight excluding hydrogens is 284 g/mol. The third-order valence-corrected chi connectivity index (χ3v) is 2.25. The van der Waals surface area contributed by atoms with Crippen molar-refractivity contribution in [1.82, 2.24) is 0 Å². The normalized spacial score (nSPS) is 11.5. The van der Waals surface area contributed by atoms with Crippen LogP contribution in [0.25, 0.3) is 0 Å². The van der Waals surface area contributed by atoms with Crippen LogP contribution in [0.3, 0.4) is 0 Å². The Morgan fingerprint density at radius 3 is 0.909 bits per heavy atom. The standard InChI is InChI=1S/Al.O7Si2.Y/c;1-8(2,3)7-9(4,5)6;/q+3;-6;+3. The molecule has 0 unspecified atom stereocenters. The van der Waals surface area contributed by atoms with Crippen molar-refractivity contribution in [2.24, 2.45) is 0 Å². The van der Waals surface area contributed by atoms with Gasteiger partial charge in [0.25, 0.3) is 0 Å². The molecule has 0 saturated heterocycles. The van der Waals surface area contributed by atoms with Gasteiger partial charge in [-0.1, -0.05) is 0 Å². The van der Waals surface area contributed by atoms with Gasteiger partial charge in [-0.15, -0.1) is 18.1 Å². The van der Waals surface area contributed by atoms with Crippen molar-refractivity contribution in [2.45, 2.75) is 0 Å². The fourth-order valence-electron chi connectivity index (χ4n) is 0.153. The van der Waals surface area contributed by atoms with E-state index in [0.29, 0.717) is 0 Å². The van der Waals surface area contributed by atoms with Crippen molar-refractivity contribution in [2.75, 3.05) is 0 Å². The zero-order valence-electron chi connectivity index (χ0n) is 5.01. The van der Waals surface area contributed by atoms with Crippen molar-refractivity contribution in [3.8, 4) is 0 Å². The predicted molar refractivity (Wildman–Crippen MR) is 18.3 cm³/mol. The Hall–Kier alpha value is 1.79. The zero-order valence-corrected chi connectivity index (χ0v) is 11.0. The van der Waals surface area contributed by atoms with E-state index in [1.165, 1.54) is 0 Å². The van der Waals surface area contributed by atoms with Gasteiger partial charge in [0.15, 0.2) is 0 Å². The molecule has 0 aliphatic heterocycles. The Labute approximate surface area is 100 Å². The van der Waals surface area contributed by atoms with E-state index >= 15 is 0 Å². The van der Waals surface area contributed by atoms with E-state index in [9.17, 15) is 28.8 Å². The quantitative estimate of drug-likeness (QED) is 0.457. The van der Waals surface area contributed by atoms with Gasteiger partial charge in [-0.3, -0.25) is 0 Å². The van der Waals surface area contributed by atoms with Crippen molar-refractivity contribution in [3.05, 3.63) is 0 Å². The molecular formula is AlO7Si2Y. The number of hydrogen-bond donors (Lipinski definition) is 0. The number of hydrogen-bond acceptors (Lipinski definition) is 7. The molecule has 0 amide bonds. The summed E-state index contributed by atoms with van der Waals surface area (Å²) in [5, 5.41) is 0. The van der Waals surface area contributed by atoms with Gasteiger partial charge >= 0.3 is 50.1 Å². The van der Waals surface area contributed by atoms with E-state index in [4.69, 9.17) is 0 Å². The Balaban J connectivity index is -0.000000320. The van der Waals surface area contributed by atoms with Crippen LogP contribution in [0.5, 0.6) is 0 Å². The van der Waals surface area contributed by atoms with Crippen LogP contribution in [0, 0.1) is 0 Å². The molecule has 11 heteroatoms. The van der Waals surface area contributed by atoms with Gasteiger partial charge in [-0.25, -0.2) is 0 Å². The molecule has 0 aliphatic carbocycles. The molecule has 56 valence electrons. The van der Waals surface area contributed by atoms with Crippen molar-refractivity contribution in [1.29, 1.82) is 0 Å². The smallest absolute Gasteiger partial charge is 0.862 e. The van der Waals surface area contributed by atoms with Crippen LogP contribution >= 0.6 is 0 Å². The number of rotatable bonds is 2. The van der Waals surface area contributed by atoms with Gasteiger partial charge in [0.05, 0.1) is 0 Å². The summed E-state index contributed by atoms with van der Waals surface area (Å²) >= 11 is 0. The van der Waals surface area contributed by atoms with E-state index in [1.807, 2.05) is 0 Å². The molecule has 0 bridgehead atoms. The van der Waals surface area contributed by atoms with Gasteiger partial charge in [0, 0.05) is 0 Å². The first-order valence-corrected chi connectivity index (χ1v) is 4.90. The maximum atomic E-state index is 9.36. The summed E-state index contributed by atoms with van der Waals surface area (Å²) in [6.07, 6.45) is 0. The molecule has 0 rings (SSSR count). The zero-order chi connectivity index (χ0) is 7.71. The molecule has 0 spiro atoms. The van der Waals surface area contributed by atoms with Crippen LogP contribution in [0.2, 0.25) is 0 Å². The molecule has 0 radical (unpaired) electrons. The summed E-state index contributed by atoms with van der Waals surface area (Å²) in [4.78, 5) is 56.2. The van der Waals surface area contributed by atoms with Gasteiger partial charge in [0.1, 0.15) is 0 Å².